The van der Waals surface area contributed by atoms with E-state index < -0.39 is 12.9 Å². The largest absolute Gasteiger partial charge is 0.497 e. The first-order valence-electron chi connectivity index (χ1n) is 4.38. The standard InChI is InChI=1S/C9H12NO4P/c1-9(10)7-4-3-6(13-2)5-8(7)14-15(9,11)12/h3-5H,10H2,1-2H3,(H,11,12). The van der Waals surface area contributed by atoms with Gasteiger partial charge in [0.2, 0.25) is 0 Å². The normalized spacial score (nSPS) is 33.3. The highest BCUT2D eigenvalue weighted by Gasteiger charge is 2.51. The molecule has 2 atom stereocenters. The van der Waals surface area contributed by atoms with Gasteiger partial charge in [0.05, 0.1) is 7.11 Å². The fourth-order valence-corrected chi connectivity index (χ4v) is 2.60. The minimum atomic E-state index is -3.84. The zero-order valence-corrected chi connectivity index (χ0v) is 9.32. The number of methoxy groups -OCH3 is 1. The van der Waals surface area contributed by atoms with Gasteiger partial charge in [-0.2, -0.15) is 0 Å². The Balaban J connectivity index is 2.59. The van der Waals surface area contributed by atoms with Crippen LogP contribution in [-0.4, -0.2) is 12.0 Å². The lowest BCUT2D eigenvalue weighted by atomic mass is 10.1. The summed E-state index contributed by atoms with van der Waals surface area (Å²) in [7, 11) is -2.33. The van der Waals surface area contributed by atoms with Crippen LogP contribution in [0, 0.1) is 0 Å². The first-order chi connectivity index (χ1) is 6.88. The maximum Gasteiger partial charge on any atom is 0.400 e. The molecule has 5 nitrogen and oxygen atoms in total. The number of hydrogen-bond donors (Lipinski definition) is 2. The summed E-state index contributed by atoms with van der Waals surface area (Å²) in [5.74, 6) is 0.872. The van der Waals surface area contributed by atoms with Crippen molar-refractivity contribution in [2.45, 2.75) is 12.2 Å². The third-order valence-corrected chi connectivity index (χ3v) is 4.40. The molecule has 0 radical (unpaired) electrons. The van der Waals surface area contributed by atoms with Gasteiger partial charge in [0.1, 0.15) is 11.5 Å². The van der Waals surface area contributed by atoms with Crippen molar-refractivity contribution in [1.29, 1.82) is 0 Å². The molecule has 0 saturated carbocycles. The van der Waals surface area contributed by atoms with Gasteiger partial charge >= 0.3 is 7.60 Å². The summed E-state index contributed by atoms with van der Waals surface area (Å²) in [5, 5.41) is -1.35. The summed E-state index contributed by atoms with van der Waals surface area (Å²) in [6, 6.07) is 4.87. The second-order valence-electron chi connectivity index (χ2n) is 3.62. The van der Waals surface area contributed by atoms with Gasteiger partial charge in [-0.25, -0.2) is 4.57 Å². The zero-order valence-electron chi connectivity index (χ0n) is 8.43. The molecule has 0 amide bonds. The molecule has 1 aromatic rings. The Morgan fingerprint density at radius 1 is 1.60 bits per heavy atom. The predicted octanol–water partition coefficient (Wildman–Crippen LogP) is 1.40. The summed E-state index contributed by atoms with van der Waals surface area (Å²) >= 11 is 0. The molecule has 15 heavy (non-hydrogen) atoms. The molecule has 0 fully saturated rings. The topological polar surface area (TPSA) is 81.8 Å². The van der Waals surface area contributed by atoms with Crippen LogP contribution in [0.4, 0.5) is 0 Å². The molecule has 3 N–H and O–H groups in total. The molecular weight excluding hydrogens is 217 g/mol. The van der Waals surface area contributed by atoms with Crippen LogP contribution in [0.25, 0.3) is 0 Å². The van der Waals surface area contributed by atoms with Gasteiger partial charge in [-0.05, 0) is 19.1 Å². The summed E-state index contributed by atoms with van der Waals surface area (Å²) in [5.41, 5.74) is 6.30. The smallest absolute Gasteiger partial charge is 0.400 e. The van der Waals surface area contributed by atoms with Gasteiger partial charge in [-0.3, -0.25) is 0 Å². The van der Waals surface area contributed by atoms with Gasteiger partial charge in [0.25, 0.3) is 0 Å². The number of nitrogens with two attached hydrogens (primary N) is 1. The Hall–Kier alpha value is -1.03. The van der Waals surface area contributed by atoms with E-state index in [9.17, 15) is 9.46 Å². The first kappa shape index (κ1) is 10.5. The maximum atomic E-state index is 11.7. The van der Waals surface area contributed by atoms with Crippen LogP contribution >= 0.6 is 7.60 Å². The van der Waals surface area contributed by atoms with Gasteiger partial charge < -0.3 is 19.9 Å². The highest BCUT2D eigenvalue weighted by Crippen LogP contribution is 2.65. The average Bonchev–Trinajstić information content (AvgIpc) is 2.33. The molecule has 0 aliphatic carbocycles. The highest BCUT2D eigenvalue weighted by atomic mass is 31.2. The summed E-state index contributed by atoms with van der Waals surface area (Å²) in [6.45, 7) is 1.48. The molecule has 1 heterocycles. The number of hydrogen-bond acceptors (Lipinski definition) is 4. The molecule has 1 aromatic carbocycles. The van der Waals surface area contributed by atoms with E-state index in [-0.39, 0.29) is 0 Å². The fourth-order valence-electron chi connectivity index (χ4n) is 1.50. The van der Waals surface area contributed by atoms with Crippen molar-refractivity contribution in [3.05, 3.63) is 23.8 Å². The van der Waals surface area contributed by atoms with Crippen molar-refractivity contribution in [3.8, 4) is 11.5 Å². The van der Waals surface area contributed by atoms with Gasteiger partial charge in [-0.15, -0.1) is 0 Å². The first-order valence-corrected chi connectivity index (χ1v) is 5.96. The lowest BCUT2D eigenvalue weighted by Crippen LogP contribution is -2.30. The third-order valence-electron chi connectivity index (χ3n) is 2.54. The Morgan fingerprint density at radius 3 is 2.87 bits per heavy atom. The van der Waals surface area contributed by atoms with Crippen LogP contribution in [0.2, 0.25) is 0 Å². The van der Waals surface area contributed by atoms with Gasteiger partial charge in [0.15, 0.2) is 5.28 Å². The Bertz CT molecular complexity index is 457. The molecule has 82 valence electrons. The average molecular weight is 229 g/mol. The van der Waals surface area contributed by atoms with Crippen molar-refractivity contribution in [2.75, 3.05) is 7.11 Å². The quantitative estimate of drug-likeness (QED) is 0.711. The van der Waals surface area contributed by atoms with Crippen LogP contribution in [0.1, 0.15) is 12.5 Å². The lowest BCUT2D eigenvalue weighted by molar-refractivity contribution is 0.364. The molecule has 0 saturated heterocycles. The number of fused-ring (bicyclic) bond motifs is 1. The van der Waals surface area contributed by atoms with E-state index in [1.165, 1.54) is 14.0 Å². The molecule has 0 aromatic heterocycles. The predicted molar refractivity (Wildman–Crippen MR) is 55.0 cm³/mol. The SMILES string of the molecule is COc1ccc2c(c1)OP(=O)(O)C2(C)N. The van der Waals surface area contributed by atoms with E-state index in [4.69, 9.17) is 15.0 Å². The molecule has 0 bridgehead atoms. The minimum absolute atomic E-state index is 0.310. The van der Waals surface area contributed by atoms with E-state index in [1.807, 2.05) is 0 Å². The second kappa shape index (κ2) is 2.98. The molecule has 2 unspecified atom stereocenters. The monoisotopic (exact) mass is 229 g/mol. The van der Waals surface area contributed by atoms with Crippen LogP contribution in [0.3, 0.4) is 0 Å². The van der Waals surface area contributed by atoms with Crippen molar-refractivity contribution in [1.82, 2.24) is 0 Å². The van der Waals surface area contributed by atoms with E-state index in [0.29, 0.717) is 17.1 Å². The number of ether oxygens (including phenoxy) is 1. The number of benzene rings is 1. The lowest BCUT2D eigenvalue weighted by Gasteiger charge is -2.19. The minimum Gasteiger partial charge on any atom is -0.497 e. The van der Waals surface area contributed by atoms with E-state index >= 15 is 0 Å². The Labute approximate surface area is 87.3 Å². The maximum absolute atomic E-state index is 11.7. The molecule has 1 aliphatic rings. The van der Waals surface area contributed by atoms with E-state index in [0.717, 1.165) is 0 Å². The molecular formula is C9H12NO4P. The number of rotatable bonds is 1. The molecule has 1 aliphatic heterocycles. The fraction of sp³-hybridized carbons (Fsp3) is 0.333. The molecule has 6 heteroatoms. The Kier molecular flexibility index (Phi) is 2.08. The van der Waals surface area contributed by atoms with Crippen molar-refractivity contribution >= 4 is 7.60 Å². The zero-order chi connectivity index (χ0) is 11.3. The van der Waals surface area contributed by atoms with Crippen LogP contribution in [-0.2, 0) is 9.85 Å². The molecule has 2 rings (SSSR count). The summed E-state index contributed by atoms with van der Waals surface area (Å²) < 4.78 is 21.6. The summed E-state index contributed by atoms with van der Waals surface area (Å²) in [4.78, 5) is 9.57. The summed E-state index contributed by atoms with van der Waals surface area (Å²) in [6.07, 6.45) is 0. The van der Waals surface area contributed by atoms with Crippen molar-refractivity contribution < 1.29 is 18.7 Å². The van der Waals surface area contributed by atoms with Crippen molar-refractivity contribution in [2.24, 2.45) is 5.73 Å². The van der Waals surface area contributed by atoms with Crippen LogP contribution in [0.15, 0.2) is 18.2 Å². The van der Waals surface area contributed by atoms with Crippen molar-refractivity contribution in [3.63, 3.8) is 0 Å². The van der Waals surface area contributed by atoms with Gasteiger partial charge in [-0.1, -0.05) is 0 Å². The molecule has 0 spiro atoms. The Morgan fingerprint density at radius 2 is 2.27 bits per heavy atom. The van der Waals surface area contributed by atoms with Crippen LogP contribution < -0.4 is 15.0 Å². The second-order valence-corrected chi connectivity index (χ2v) is 5.77. The highest BCUT2D eigenvalue weighted by molar-refractivity contribution is 7.54. The van der Waals surface area contributed by atoms with Crippen LogP contribution in [0.5, 0.6) is 11.5 Å². The third kappa shape index (κ3) is 1.35. The van der Waals surface area contributed by atoms with E-state index in [2.05, 4.69) is 0 Å². The van der Waals surface area contributed by atoms with Gasteiger partial charge in [0, 0.05) is 11.6 Å². The van der Waals surface area contributed by atoms with E-state index in [1.54, 1.807) is 18.2 Å².